The molecule has 1 spiro atoms. The topological polar surface area (TPSA) is 111 Å². The molecule has 276 valence electrons. The zero-order chi connectivity index (χ0) is 37.0. The van der Waals surface area contributed by atoms with Crippen molar-refractivity contribution in [1.82, 2.24) is 19.4 Å². The molecule has 9 rings (SSSR count). The molecule has 10 nitrogen and oxygen atoms in total. The molecule has 5 heterocycles. The number of nitrogens with zero attached hydrogens (tertiary/aromatic N) is 4. The van der Waals surface area contributed by atoms with E-state index in [-0.39, 0.29) is 35.8 Å². The van der Waals surface area contributed by atoms with E-state index < -0.39 is 17.0 Å². The number of aromatic nitrogens is 3. The van der Waals surface area contributed by atoms with Gasteiger partial charge in [-0.25, -0.2) is 18.7 Å². The molecular formula is C40H37ClF2N6O4Si. The summed E-state index contributed by atoms with van der Waals surface area (Å²) in [4.78, 5) is 38.2. The summed E-state index contributed by atoms with van der Waals surface area (Å²) in [6, 6.07) is 18.8. The van der Waals surface area contributed by atoms with Crippen LogP contribution in [0.1, 0.15) is 71.0 Å². The van der Waals surface area contributed by atoms with Crippen LogP contribution in [0.4, 0.5) is 20.2 Å². The number of carbonyl (C=O) groups excluding carboxylic acids is 2. The number of rotatable bonds is 11. The average Bonchev–Trinajstić information content (AvgIpc) is 3.82. The minimum absolute atomic E-state index is 0.0643. The van der Waals surface area contributed by atoms with Crippen molar-refractivity contribution >= 4 is 55.3 Å². The van der Waals surface area contributed by atoms with Gasteiger partial charge in [-0.05, 0) is 99.3 Å². The fraction of sp³-hybridized carbons (Fsp3) is 0.350. The van der Waals surface area contributed by atoms with Crippen LogP contribution in [0.25, 0.3) is 11.0 Å². The van der Waals surface area contributed by atoms with E-state index in [2.05, 4.69) is 20.1 Å². The van der Waals surface area contributed by atoms with Crippen LogP contribution in [-0.2, 0) is 34.3 Å². The maximum absolute atomic E-state index is 15.0. The number of nitrogens with one attached hydrogen (secondary N) is 2. The third kappa shape index (κ3) is 6.78. The lowest BCUT2D eigenvalue weighted by Gasteiger charge is -2.32. The lowest BCUT2D eigenvalue weighted by molar-refractivity contribution is -0.117. The van der Waals surface area contributed by atoms with Crippen LogP contribution in [0.3, 0.4) is 0 Å². The van der Waals surface area contributed by atoms with Gasteiger partial charge in [-0.15, -0.1) is 0 Å². The predicted octanol–water partition coefficient (Wildman–Crippen LogP) is 6.97. The minimum atomic E-state index is -0.668. The Labute approximate surface area is 318 Å². The molecule has 2 amide bonds. The third-order valence-electron chi connectivity index (χ3n) is 11.1. The summed E-state index contributed by atoms with van der Waals surface area (Å²) in [5.41, 5.74) is 4.21. The van der Waals surface area contributed by atoms with Crippen molar-refractivity contribution in [2.24, 2.45) is 0 Å². The highest BCUT2D eigenvalue weighted by Gasteiger charge is 2.57. The Balaban J connectivity index is 0.878. The summed E-state index contributed by atoms with van der Waals surface area (Å²) >= 11 is 5.88. The summed E-state index contributed by atoms with van der Waals surface area (Å²) in [5, 5.41) is 5.86. The van der Waals surface area contributed by atoms with Gasteiger partial charge < -0.3 is 24.7 Å². The predicted molar refractivity (Wildman–Crippen MR) is 201 cm³/mol. The molecule has 2 saturated heterocycles. The largest absolute Gasteiger partial charge is 0.473 e. The highest BCUT2D eigenvalue weighted by Crippen LogP contribution is 2.56. The van der Waals surface area contributed by atoms with Gasteiger partial charge >= 0.3 is 0 Å². The maximum Gasteiger partial charge on any atom is 0.255 e. The molecule has 14 heteroatoms. The number of hydrogen-bond acceptors (Lipinski definition) is 7. The van der Waals surface area contributed by atoms with Gasteiger partial charge in [-0.1, -0.05) is 23.7 Å². The molecule has 3 fully saturated rings. The van der Waals surface area contributed by atoms with Crippen molar-refractivity contribution in [3.63, 3.8) is 0 Å². The monoisotopic (exact) mass is 766 g/mol. The normalized spacial score (nSPS) is 19.1. The van der Waals surface area contributed by atoms with Crippen LogP contribution < -0.4 is 15.4 Å². The fourth-order valence-corrected chi connectivity index (χ4v) is 9.14. The number of ether oxygens (including phenoxy) is 2. The van der Waals surface area contributed by atoms with Crippen molar-refractivity contribution in [2.75, 3.05) is 30.3 Å². The Hall–Kier alpha value is -4.69. The lowest BCUT2D eigenvalue weighted by atomic mass is 9.93. The van der Waals surface area contributed by atoms with Crippen molar-refractivity contribution in [1.29, 1.82) is 0 Å². The standard InChI is InChI=1S/C40H37ClF2N6O4Si/c41-26-6-4-25(29(42)17-26)21-53-35-3-1-2-31(46-35)23-8-13-48(14-9-23)20-34-45-32-16-24(5-7-33(32)49(34)22-54-36-10-15-52-36)38(50)44-27-18-28-37(30(43)19-27)47-39(51)40(28)11-12-40/h1-7,16-19,23,36H,8-15,20-22H2,(H,44,50)(H,47,51). The lowest BCUT2D eigenvalue weighted by Crippen LogP contribution is -2.36. The van der Waals surface area contributed by atoms with E-state index in [1.54, 1.807) is 36.4 Å². The van der Waals surface area contributed by atoms with E-state index in [0.29, 0.717) is 62.2 Å². The zero-order valence-corrected chi connectivity index (χ0v) is 31.1. The van der Waals surface area contributed by atoms with Gasteiger partial charge in [0.15, 0.2) is 0 Å². The number of amides is 2. The van der Waals surface area contributed by atoms with Crippen LogP contribution in [0, 0.1) is 11.6 Å². The van der Waals surface area contributed by atoms with E-state index in [4.69, 9.17) is 31.0 Å². The number of anilines is 2. The Morgan fingerprint density at radius 3 is 2.63 bits per heavy atom. The molecular weight excluding hydrogens is 730 g/mol. The second-order valence-corrected chi connectivity index (χ2v) is 16.3. The SMILES string of the molecule is O=C(Nc1cc(F)c2c(c1)C1(CC1)C(=O)N2)c1ccc2c(c1)nc(CN1CCC(c3cccc(OCc4ccc(Cl)cc4F)n3)CC1)n2C[Si]C1CCO1. The number of carbonyl (C=O) groups is 2. The number of imidazole rings is 1. The molecule has 2 aromatic heterocycles. The number of likely N-dealkylation sites (tertiary alicyclic amines) is 1. The van der Waals surface area contributed by atoms with Crippen molar-refractivity contribution in [2.45, 2.75) is 68.5 Å². The van der Waals surface area contributed by atoms with Gasteiger partial charge in [0, 0.05) is 58.0 Å². The second kappa shape index (κ2) is 14.2. The van der Waals surface area contributed by atoms with Crippen LogP contribution >= 0.6 is 11.6 Å². The molecule has 2 radical (unpaired) electrons. The molecule has 0 bridgehead atoms. The van der Waals surface area contributed by atoms with Crippen molar-refractivity contribution in [3.8, 4) is 5.88 Å². The first-order valence-electron chi connectivity index (χ1n) is 18.3. The number of halogens is 3. The number of pyridine rings is 1. The van der Waals surface area contributed by atoms with Crippen LogP contribution in [0.5, 0.6) is 5.88 Å². The van der Waals surface area contributed by atoms with Gasteiger partial charge in [0.05, 0.1) is 28.7 Å². The van der Waals surface area contributed by atoms with Crippen LogP contribution in [0.15, 0.2) is 66.7 Å². The molecule has 3 aliphatic heterocycles. The van der Waals surface area contributed by atoms with Crippen LogP contribution in [0.2, 0.25) is 5.02 Å². The van der Waals surface area contributed by atoms with Gasteiger partial charge in [0.2, 0.25) is 11.8 Å². The van der Waals surface area contributed by atoms with E-state index in [1.807, 2.05) is 18.2 Å². The molecule has 1 saturated carbocycles. The number of fused-ring (bicyclic) bond motifs is 3. The van der Waals surface area contributed by atoms with E-state index in [1.165, 1.54) is 12.1 Å². The Bertz CT molecular complexity index is 2290. The second-order valence-electron chi connectivity index (χ2n) is 14.5. The van der Waals surface area contributed by atoms with E-state index in [0.717, 1.165) is 67.7 Å². The summed E-state index contributed by atoms with van der Waals surface area (Å²) in [6.07, 6.45) is 5.02. The Kier molecular flexibility index (Phi) is 9.20. The molecule has 1 aliphatic carbocycles. The molecule has 2 N–H and O–H groups in total. The Morgan fingerprint density at radius 2 is 1.87 bits per heavy atom. The molecule has 1 atom stereocenters. The first-order valence-corrected chi connectivity index (χ1v) is 20.0. The van der Waals surface area contributed by atoms with Crippen molar-refractivity contribution in [3.05, 3.63) is 112 Å². The third-order valence-corrected chi connectivity index (χ3v) is 12.7. The van der Waals surface area contributed by atoms with Gasteiger partial charge in [-0.3, -0.25) is 14.5 Å². The number of benzene rings is 3. The Morgan fingerprint density at radius 1 is 1.04 bits per heavy atom. The smallest absolute Gasteiger partial charge is 0.255 e. The summed E-state index contributed by atoms with van der Waals surface area (Å²) < 4.78 is 43.1. The van der Waals surface area contributed by atoms with E-state index in [9.17, 15) is 18.4 Å². The first kappa shape index (κ1) is 35.0. The molecule has 54 heavy (non-hydrogen) atoms. The number of piperidine rings is 1. The van der Waals surface area contributed by atoms with Gasteiger partial charge in [-0.2, -0.15) is 0 Å². The molecule has 3 aromatic carbocycles. The minimum Gasteiger partial charge on any atom is -0.473 e. The average molecular weight is 767 g/mol. The van der Waals surface area contributed by atoms with Crippen molar-refractivity contribution < 1.29 is 27.8 Å². The van der Waals surface area contributed by atoms with Gasteiger partial charge in [0.25, 0.3) is 5.91 Å². The first-order chi connectivity index (χ1) is 26.2. The van der Waals surface area contributed by atoms with Crippen LogP contribution in [-0.4, -0.2) is 66.2 Å². The summed E-state index contributed by atoms with van der Waals surface area (Å²) in [5.74, 6) is 0.146. The highest BCUT2D eigenvalue weighted by atomic mass is 35.5. The fourth-order valence-electron chi connectivity index (χ4n) is 7.69. The van der Waals surface area contributed by atoms with E-state index >= 15 is 0 Å². The summed E-state index contributed by atoms with van der Waals surface area (Å²) in [6.45, 7) is 3.24. The molecule has 1 unspecified atom stereocenters. The number of hydrogen-bond donors (Lipinski definition) is 2. The molecule has 5 aromatic rings. The maximum atomic E-state index is 15.0. The summed E-state index contributed by atoms with van der Waals surface area (Å²) in [7, 11) is 0.589. The highest BCUT2D eigenvalue weighted by molar-refractivity contribution is 6.36. The van der Waals surface area contributed by atoms with Gasteiger partial charge in [0.1, 0.15) is 33.6 Å². The quantitative estimate of drug-likeness (QED) is 0.140. The molecule has 4 aliphatic rings. The zero-order valence-electron chi connectivity index (χ0n) is 29.3.